The van der Waals surface area contributed by atoms with Crippen LogP contribution in [0.3, 0.4) is 0 Å². The molecule has 0 atom stereocenters. The lowest BCUT2D eigenvalue weighted by Crippen LogP contribution is -2.31. The lowest BCUT2D eigenvalue weighted by molar-refractivity contribution is -0.688. The van der Waals surface area contributed by atoms with Gasteiger partial charge in [-0.1, -0.05) is 110 Å². The normalized spacial score (nSPS) is 11.2. The topological polar surface area (TPSA) is 114 Å². The van der Waals surface area contributed by atoms with Crippen molar-refractivity contribution in [3.63, 3.8) is 0 Å². The highest BCUT2D eigenvalue weighted by Crippen LogP contribution is 2.31. The van der Waals surface area contributed by atoms with Crippen molar-refractivity contribution >= 4 is 0 Å². The van der Waals surface area contributed by atoms with Crippen LogP contribution in [-0.2, 0) is 19.5 Å². The van der Waals surface area contributed by atoms with Crippen LogP contribution in [0.2, 0.25) is 0 Å². The molecule has 0 unspecified atom stereocenters. The Kier molecular flexibility index (Phi) is 8.00. The first-order chi connectivity index (χ1) is 22.2. The van der Waals surface area contributed by atoms with E-state index < -0.39 is 0 Å². The Bertz CT molecular complexity index is 1970. The van der Waals surface area contributed by atoms with Crippen LogP contribution in [0.25, 0.3) is 45.0 Å². The van der Waals surface area contributed by atoms with Crippen molar-refractivity contribution in [1.82, 2.24) is 45.8 Å². The molecule has 10 heteroatoms. The van der Waals surface area contributed by atoms with Crippen molar-refractivity contribution in [3.8, 4) is 45.0 Å². The Labute approximate surface area is 260 Å². The number of rotatable bonds is 11. The zero-order valence-corrected chi connectivity index (χ0v) is 24.9. The molecular formula is C35H31N10-. The summed E-state index contributed by atoms with van der Waals surface area (Å²) in [6, 6.07) is 33.6. The third-order valence-electron chi connectivity index (χ3n) is 7.98. The molecule has 0 aliphatic heterocycles. The van der Waals surface area contributed by atoms with Gasteiger partial charge in [-0.2, -0.15) is 10.4 Å². The van der Waals surface area contributed by atoms with Gasteiger partial charge in [-0.25, -0.2) is 9.13 Å². The standard InChI is InChI=1S/C35H31N10/c1-2-3-8-29-23-44(21-25-13-17-27(18-14-25)30-9-4-6-11-32(30)34-36-40-41-37-34)24-45(29)22-26-15-19-28(20-16-26)31-10-5-7-12-33(31)35-38-42-43-39-35/h4-7,9-20,23-24H,2-3,8,21-22H2,1H3/q-1. The van der Waals surface area contributed by atoms with Crippen LogP contribution in [0, 0.1) is 0 Å². The third-order valence-corrected chi connectivity index (χ3v) is 7.98. The van der Waals surface area contributed by atoms with Gasteiger partial charge in [0.15, 0.2) is 0 Å². The number of nitrogens with zero attached hydrogens (tertiary/aromatic N) is 10. The van der Waals surface area contributed by atoms with E-state index in [2.05, 4.69) is 130 Å². The summed E-state index contributed by atoms with van der Waals surface area (Å²) in [5.41, 5.74) is 9.98. The molecule has 0 spiro atoms. The van der Waals surface area contributed by atoms with Gasteiger partial charge in [0, 0.05) is 18.1 Å². The minimum absolute atomic E-state index is 0.535. The van der Waals surface area contributed by atoms with Crippen molar-refractivity contribution in [1.29, 1.82) is 0 Å². The van der Waals surface area contributed by atoms with E-state index in [1.165, 1.54) is 16.8 Å². The highest BCUT2D eigenvalue weighted by atomic mass is 15.5. The van der Waals surface area contributed by atoms with Gasteiger partial charge in [-0.15, -0.1) is 0 Å². The number of hydrogen-bond donors (Lipinski definition) is 0. The number of aromatic nitrogens is 10. The Morgan fingerprint density at radius 2 is 1.18 bits per heavy atom. The molecule has 0 N–H and O–H groups in total. The number of hydrogen-bond acceptors (Lipinski definition) is 6. The smallest absolute Gasteiger partial charge is 0.244 e. The van der Waals surface area contributed by atoms with Gasteiger partial charge in [0.25, 0.3) is 0 Å². The number of benzene rings is 4. The first-order valence-electron chi connectivity index (χ1n) is 15.1. The average molecular weight is 592 g/mol. The van der Waals surface area contributed by atoms with Crippen LogP contribution in [-0.4, -0.2) is 35.6 Å². The lowest BCUT2D eigenvalue weighted by atomic mass is 9.98. The van der Waals surface area contributed by atoms with Gasteiger partial charge in [0.1, 0.15) is 25.0 Å². The minimum atomic E-state index is 0.535. The molecule has 0 saturated carbocycles. The van der Waals surface area contributed by atoms with Crippen molar-refractivity contribution in [2.45, 2.75) is 39.3 Å². The van der Waals surface area contributed by atoms with E-state index in [1.807, 2.05) is 36.4 Å². The Morgan fingerprint density at radius 1 is 0.644 bits per heavy atom. The second-order valence-corrected chi connectivity index (χ2v) is 11.0. The average Bonchev–Trinajstić information content (AvgIpc) is 3.88. The first-order valence-corrected chi connectivity index (χ1v) is 15.1. The van der Waals surface area contributed by atoms with Crippen molar-refractivity contribution < 1.29 is 4.57 Å². The summed E-state index contributed by atoms with van der Waals surface area (Å²) in [4.78, 5) is 0. The predicted octanol–water partition coefficient (Wildman–Crippen LogP) is 5.17. The summed E-state index contributed by atoms with van der Waals surface area (Å²) in [6.45, 7) is 3.83. The van der Waals surface area contributed by atoms with E-state index in [0.29, 0.717) is 11.6 Å². The van der Waals surface area contributed by atoms with Crippen LogP contribution in [0.5, 0.6) is 0 Å². The molecule has 0 radical (unpaired) electrons. The molecule has 0 fully saturated rings. The highest BCUT2D eigenvalue weighted by Gasteiger charge is 2.15. The molecule has 10 nitrogen and oxygen atoms in total. The zero-order chi connectivity index (χ0) is 30.4. The fourth-order valence-electron chi connectivity index (χ4n) is 5.70. The fraction of sp³-hybridized carbons (Fsp3) is 0.171. The predicted molar refractivity (Wildman–Crippen MR) is 169 cm³/mol. The third kappa shape index (κ3) is 6.16. The molecule has 222 valence electrons. The molecule has 0 saturated heterocycles. The number of imidazole rings is 1. The second-order valence-electron chi connectivity index (χ2n) is 11.0. The molecule has 0 amide bonds. The van der Waals surface area contributed by atoms with E-state index in [0.717, 1.165) is 65.7 Å². The molecule has 3 heterocycles. The van der Waals surface area contributed by atoms with Gasteiger partial charge >= 0.3 is 0 Å². The molecule has 0 aliphatic carbocycles. The van der Waals surface area contributed by atoms with E-state index in [-0.39, 0.29) is 0 Å². The second kappa shape index (κ2) is 12.8. The van der Waals surface area contributed by atoms with Crippen molar-refractivity contribution in [3.05, 3.63) is 126 Å². The summed E-state index contributed by atoms with van der Waals surface area (Å²) in [6.07, 6.45) is 7.87. The summed E-state index contributed by atoms with van der Waals surface area (Å²) in [5.74, 6) is 1.07. The summed E-state index contributed by atoms with van der Waals surface area (Å²) in [5, 5.41) is 30.8. The van der Waals surface area contributed by atoms with Gasteiger partial charge < -0.3 is 10.2 Å². The summed E-state index contributed by atoms with van der Waals surface area (Å²) >= 11 is 0. The quantitative estimate of drug-likeness (QED) is 0.189. The van der Waals surface area contributed by atoms with E-state index in [1.54, 1.807) is 0 Å². The number of aryl methyl sites for hydroxylation is 1. The van der Waals surface area contributed by atoms with Crippen LogP contribution in [0.4, 0.5) is 0 Å². The minimum Gasteiger partial charge on any atom is -0.330 e. The van der Waals surface area contributed by atoms with E-state index >= 15 is 0 Å². The van der Waals surface area contributed by atoms with Crippen LogP contribution >= 0.6 is 0 Å². The number of tetrazole rings is 2. The maximum absolute atomic E-state index is 4.06. The Balaban J connectivity index is 1.09. The van der Waals surface area contributed by atoms with Crippen molar-refractivity contribution in [2.24, 2.45) is 0 Å². The first kappa shape index (κ1) is 28.0. The number of unbranched alkanes of at least 4 members (excludes halogenated alkanes) is 1. The molecule has 3 aromatic heterocycles. The van der Waals surface area contributed by atoms with Crippen LogP contribution < -0.4 is 14.8 Å². The fourth-order valence-corrected chi connectivity index (χ4v) is 5.70. The van der Waals surface area contributed by atoms with Gasteiger partial charge in [-0.3, -0.25) is 20.6 Å². The van der Waals surface area contributed by atoms with Gasteiger partial charge in [0.2, 0.25) is 6.33 Å². The Hall–Kier alpha value is -5.77. The maximum atomic E-state index is 4.06. The monoisotopic (exact) mass is 591 g/mol. The SMILES string of the molecule is CCCCc1c[n+](Cc2ccc(-c3ccccc3-c3nnn[n-]3)cc2)cn1Cc1ccc(-c2ccccc2-c2nnn[n-]2)cc1. The maximum Gasteiger partial charge on any atom is 0.244 e. The van der Waals surface area contributed by atoms with Gasteiger partial charge in [0.05, 0.1) is 0 Å². The molecule has 0 bridgehead atoms. The highest BCUT2D eigenvalue weighted by molar-refractivity contribution is 5.81. The molecular weight excluding hydrogens is 560 g/mol. The molecule has 7 rings (SSSR count). The molecule has 7 aromatic rings. The summed E-state index contributed by atoms with van der Waals surface area (Å²) < 4.78 is 4.66. The molecule has 0 aliphatic rings. The zero-order valence-electron chi connectivity index (χ0n) is 24.9. The van der Waals surface area contributed by atoms with Gasteiger partial charge in [-0.05, 0) is 50.9 Å². The lowest BCUT2D eigenvalue weighted by Gasteiger charge is -2.10. The Morgan fingerprint density at radius 3 is 1.69 bits per heavy atom. The van der Waals surface area contributed by atoms with Crippen LogP contribution in [0.15, 0.2) is 110 Å². The van der Waals surface area contributed by atoms with Crippen molar-refractivity contribution in [2.75, 3.05) is 0 Å². The van der Waals surface area contributed by atoms with E-state index in [4.69, 9.17) is 0 Å². The van der Waals surface area contributed by atoms with E-state index in [9.17, 15) is 0 Å². The largest absolute Gasteiger partial charge is 0.330 e. The summed E-state index contributed by atoms with van der Waals surface area (Å²) in [7, 11) is 0. The van der Waals surface area contributed by atoms with Crippen LogP contribution in [0.1, 0.15) is 36.6 Å². The molecule has 45 heavy (non-hydrogen) atoms. The molecule has 4 aromatic carbocycles.